The smallest absolute Gasteiger partial charge is 0.324 e. The maximum Gasteiger partial charge on any atom is 0.324 e. The van der Waals surface area contributed by atoms with E-state index in [-0.39, 0.29) is 5.97 Å². The molecule has 0 fully saturated rings. The summed E-state index contributed by atoms with van der Waals surface area (Å²) in [5.74, 6) is 0.667. The fraction of sp³-hybridized carbons (Fsp3) is 0.786. The molecule has 0 aromatic carbocycles. The van der Waals surface area contributed by atoms with Crippen molar-refractivity contribution in [3.8, 4) is 0 Å². The summed E-state index contributed by atoms with van der Waals surface area (Å²) >= 11 is 0. The fourth-order valence-electron chi connectivity index (χ4n) is 1.66. The summed E-state index contributed by atoms with van der Waals surface area (Å²) in [5.41, 5.74) is 0.745. The van der Waals surface area contributed by atoms with Crippen LogP contribution < -0.4 is 0 Å². The normalized spacial score (nSPS) is 13.9. The highest BCUT2D eigenvalue weighted by molar-refractivity contribution is 6.71. The fourth-order valence-corrected chi connectivity index (χ4v) is 3.35. The minimum absolute atomic E-state index is 0.170. The number of hydrogen-bond donors (Lipinski definition) is 0. The zero-order chi connectivity index (χ0) is 15.3. The molecule has 19 heavy (non-hydrogen) atoms. The van der Waals surface area contributed by atoms with Crippen LogP contribution >= 0.6 is 0 Å². The van der Waals surface area contributed by atoms with Crippen molar-refractivity contribution in [1.82, 2.24) is 0 Å². The summed E-state index contributed by atoms with van der Waals surface area (Å²) in [6.07, 6.45) is 2.41. The average Bonchev–Trinajstić information content (AvgIpc) is 2.19. The molecule has 0 unspecified atom stereocenters. The third-order valence-corrected chi connectivity index (χ3v) is 3.89. The maximum absolute atomic E-state index is 12.3. The minimum Gasteiger partial charge on any atom is -0.547 e. The Bertz CT molecular complexity index is 336. The van der Waals surface area contributed by atoms with Crippen LogP contribution in [0, 0.1) is 0 Å². The van der Waals surface area contributed by atoms with E-state index >= 15 is 0 Å². The van der Waals surface area contributed by atoms with Crippen molar-refractivity contribution in [2.24, 2.45) is 0 Å². The highest BCUT2D eigenvalue weighted by Crippen LogP contribution is 2.23. The van der Waals surface area contributed by atoms with Crippen molar-refractivity contribution in [1.29, 1.82) is 0 Å². The van der Waals surface area contributed by atoms with Crippen molar-refractivity contribution in [2.75, 3.05) is 0 Å². The van der Waals surface area contributed by atoms with Crippen molar-refractivity contribution in [3.05, 3.63) is 11.3 Å². The van der Waals surface area contributed by atoms with E-state index in [2.05, 4.69) is 26.6 Å². The standard InChI is InChI=1S/C14H30O3Si2/c1-9-11-12(14(15)17-19(6,7)8)13(10-2)16-18(3,4)5/h9-11H2,1-8H3/b13-12-. The van der Waals surface area contributed by atoms with Gasteiger partial charge in [0, 0.05) is 6.42 Å². The van der Waals surface area contributed by atoms with E-state index in [1.54, 1.807) is 0 Å². The van der Waals surface area contributed by atoms with Gasteiger partial charge < -0.3 is 8.85 Å². The van der Waals surface area contributed by atoms with Crippen LogP contribution in [0.4, 0.5) is 0 Å². The Kier molecular flexibility index (Phi) is 7.07. The third kappa shape index (κ3) is 8.26. The van der Waals surface area contributed by atoms with Crippen LogP contribution in [-0.4, -0.2) is 22.6 Å². The SMILES string of the molecule is CCC/C(C(=O)O[Si](C)(C)C)=C(\CC)O[Si](C)(C)C. The van der Waals surface area contributed by atoms with E-state index in [1.807, 2.05) is 26.6 Å². The van der Waals surface area contributed by atoms with Gasteiger partial charge in [0.05, 0.1) is 11.3 Å². The molecule has 0 heterocycles. The molecule has 0 aliphatic heterocycles. The Labute approximate surface area is 120 Å². The van der Waals surface area contributed by atoms with E-state index in [1.165, 1.54) is 0 Å². The van der Waals surface area contributed by atoms with Crippen molar-refractivity contribution in [2.45, 2.75) is 72.4 Å². The van der Waals surface area contributed by atoms with E-state index in [0.717, 1.165) is 30.6 Å². The summed E-state index contributed by atoms with van der Waals surface area (Å²) in [6, 6.07) is 0. The van der Waals surface area contributed by atoms with Crippen molar-refractivity contribution in [3.63, 3.8) is 0 Å². The molecule has 3 nitrogen and oxygen atoms in total. The van der Waals surface area contributed by atoms with Crippen molar-refractivity contribution < 1.29 is 13.6 Å². The Morgan fingerprint density at radius 2 is 1.37 bits per heavy atom. The molecule has 5 heteroatoms. The van der Waals surface area contributed by atoms with Gasteiger partial charge in [0.1, 0.15) is 0 Å². The second-order valence-corrected chi connectivity index (χ2v) is 15.6. The Morgan fingerprint density at radius 3 is 1.68 bits per heavy atom. The van der Waals surface area contributed by atoms with Crippen LogP contribution in [0.1, 0.15) is 33.1 Å². The van der Waals surface area contributed by atoms with Gasteiger partial charge in [-0.15, -0.1) is 0 Å². The lowest BCUT2D eigenvalue weighted by atomic mass is 10.1. The highest BCUT2D eigenvalue weighted by Gasteiger charge is 2.26. The summed E-state index contributed by atoms with van der Waals surface area (Å²) in [7, 11) is -3.55. The quantitative estimate of drug-likeness (QED) is 0.389. The van der Waals surface area contributed by atoms with Gasteiger partial charge in [-0.1, -0.05) is 20.3 Å². The molecule has 0 saturated carbocycles. The van der Waals surface area contributed by atoms with Gasteiger partial charge in [-0.25, -0.2) is 4.79 Å². The molecule has 112 valence electrons. The first kappa shape index (κ1) is 18.4. The zero-order valence-corrected chi connectivity index (χ0v) is 15.8. The molecule has 0 bridgehead atoms. The van der Waals surface area contributed by atoms with Gasteiger partial charge in [0.15, 0.2) is 0 Å². The van der Waals surface area contributed by atoms with Gasteiger partial charge in [-0.05, 0) is 45.7 Å². The van der Waals surface area contributed by atoms with E-state index in [4.69, 9.17) is 8.85 Å². The average molecular weight is 303 g/mol. The van der Waals surface area contributed by atoms with Crippen LogP contribution in [0.25, 0.3) is 0 Å². The van der Waals surface area contributed by atoms with Crippen LogP contribution in [-0.2, 0) is 13.6 Å². The molecular formula is C14H30O3Si2. The molecule has 0 aromatic rings. The zero-order valence-electron chi connectivity index (χ0n) is 13.8. The molecule has 0 aliphatic rings. The van der Waals surface area contributed by atoms with Gasteiger partial charge in [0.2, 0.25) is 16.6 Å². The Hall–Kier alpha value is -0.556. The first-order chi connectivity index (χ1) is 8.50. The molecule has 0 saturated heterocycles. The Balaban J connectivity index is 5.28. The Morgan fingerprint density at radius 1 is 0.895 bits per heavy atom. The third-order valence-electron chi connectivity index (χ3n) is 2.23. The maximum atomic E-state index is 12.3. The van der Waals surface area contributed by atoms with Crippen LogP contribution in [0.3, 0.4) is 0 Å². The topological polar surface area (TPSA) is 35.5 Å². The summed E-state index contributed by atoms with van der Waals surface area (Å²) in [6.45, 7) is 16.6. The predicted molar refractivity (Wildman–Crippen MR) is 86.1 cm³/mol. The van der Waals surface area contributed by atoms with E-state index in [9.17, 15) is 4.79 Å². The number of rotatable bonds is 7. The van der Waals surface area contributed by atoms with Gasteiger partial charge in [0.25, 0.3) is 0 Å². The first-order valence-corrected chi connectivity index (χ1v) is 14.0. The predicted octanol–water partition coefficient (Wildman–Crippen LogP) is 4.68. The number of carbonyl (C=O) groups excluding carboxylic acids is 1. The number of allylic oxidation sites excluding steroid dienone is 1. The largest absolute Gasteiger partial charge is 0.547 e. The number of carbonyl (C=O) groups is 1. The summed E-state index contributed by atoms with van der Waals surface area (Å²) in [4.78, 5) is 12.3. The van der Waals surface area contributed by atoms with Crippen LogP contribution in [0.2, 0.25) is 39.3 Å². The molecule has 0 aliphatic carbocycles. The molecule has 0 aromatic heterocycles. The molecule has 0 amide bonds. The van der Waals surface area contributed by atoms with Crippen LogP contribution in [0.15, 0.2) is 11.3 Å². The first-order valence-electron chi connectivity index (χ1n) is 7.14. The van der Waals surface area contributed by atoms with Gasteiger partial charge >= 0.3 is 5.97 Å². The summed E-state index contributed by atoms with van der Waals surface area (Å²) in [5, 5.41) is 0. The molecular weight excluding hydrogens is 272 g/mol. The molecule has 0 rings (SSSR count). The molecule has 0 spiro atoms. The second-order valence-electron chi connectivity index (χ2n) is 6.72. The highest BCUT2D eigenvalue weighted by atomic mass is 28.4. The monoisotopic (exact) mass is 302 g/mol. The minimum atomic E-state index is -1.86. The lowest BCUT2D eigenvalue weighted by Gasteiger charge is -2.25. The van der Waals surface area contributed by atoms with E-state index < -0.39 is 16.6 Å². The van der Waals surface area contributed by atoms with Gasteiger partial charge in [-0.2, -0.15) is 0 Å². The van der Waals surface area contributed by atoms with Crippen molar-refractivity contribution >= 4 is 22.6 Å². The summed E-state index contributed by atoms with van der Waals surface area (Å²) < 4.78 is 11.7. The lowest BCUT2D eigenvalue weighted by Crippen LogP contribution is -2.31. The molecule has 0 N–H and O–H groups in total. The molecule has 0 atom stereocenters. The number of hydrogen-bond acceptors (Lipinski definition) is 3. The second kappa shape index (κ2) is 7.29. The lowest BCUT2D eigenvalue weighted by molar-refractivity contribution is -0.131. The van der Waals surface area contributed by atoms with Crippen LogP contribution in [0.5, 0.6) is 0 Å². The van der Waals surface area contributed by atoms with E-state index in [0.29, 0.717) is 0 Å². The molecule has 0 radical (unpaired) electrons. The van der Waals surface area contributed by atoms with Gasteiger partial charge in [-0.3, -0.25) is 0 Å².